The van der Waals surface area contributed by atoms with Crippen molar-refractivity contribution in [2.24, 2.45) is 5.92 Å². The van der Waals surface area contributed by atoms with Crippen molar-refractivity contribution in [1.29, 1.82) is 0 Å². The van der Waals surface area contributed by atoms with Gasteiger partial charge in [0.15, 0.2) is 5.78 Å². The molecule has 9 heteroatoms. The molecule has 0 bridgehead atoms. The SMILES string of the molecule is C=CCC(F)(F)C1=CC(c2ccoc2)=CN2C1=CCC(C(=O)C(=C)CC(CCC)C(=C)C(=O)C(F)(F)C=C)=C2Cl. The van der Waals surface area contributed by atoms with E-state index in [1.165, 1.54) is 35.8 Å². The summed E-state index contributed by atoms with van der Waals surface area (Å²) < 4.78 is 63.4. The molecule has 0 aromatic carbocycles. The Balaban J connectivity index is 1.94. The van der Waals surface area contributed by atoms with Crippen LogP contribution in [0.5, 0.6) is 0 Å². The molecule has 212 valence electrons. The van der Waals surface area contributed by atoms with Crippen molar-refractivity contribution in [3.8, 4) is 0 Å². The number of hydrogen-bond acceptors (Lipinski definition) is 4. The Labute approximate surface area is 236 Å². The second kappa shape index (κ2) is 12.3. The number of rotatable bonds is 14. The number of furan rings is 1. The lowest BCUT2D eigenvalue weighted by Gasteiger charge is -2.36. The highest BCUT2D eigenvalue weighted by Crippen LogP contribution is 2.45. The number of carbonyl (C=O) groups excluding carboxylic acids is 2. The van der Waals surface area contributed by atoms with Gasteiger partial charge in [-0.2, -0.15) is 8.78 Å². The number of hydrogen-bond donors (Lipinski definition) is 0. The van der Waals surface area contributed by atoms with Gasteiger partial charge in [-0.15, -0.1) is 6.58 Å². The second-order valence-corrected chi connectivity index (χ2v) is 9.95. The lowest BCUT2D eigenvalue weighted by Crippen LogP contribution is -2.32. The van der Waals surface area contributed by atoms with E-state index in [9.17, 15) is 18.4 Å². The van der Waals surface area contributed by atoms with Crippen molar-refractivity contribution >= 4 is 28.7 Å². The largest absolute Gasteiger partial charge is 0.472 e. The van der Waals surface area contributed by atoms with Crippen LogP contribution in [0.1, 0.15) is 44.6 Å². The second-order valence-electron chi connectivity index (χ2n) is 9.59. The first kappa shape index (κ1) is 30.9. The average Bonchev–Trinajstić information content (AvgIpc) is 3.46. The number of Topliss-reactive ketones (excluding diaryl/α,β-unsaturated/α-hetero) is 2. The molecule has 3 heterocycles. The maximum Gasteiger partial charge on any atom is 0.327 e. The maximum absolute atomic E-state index is 15.2. The highest BCUT2D eigenvalue weighted by molar-refractivity contribution is 6.33. The van der Waals surface area contributed by atoms with E-state index in [4.69, 9.17) is 16.0 Å². The molecule has 1 atom stereocenters. The molecule has 0 fully saturated rings. The lowest BCUT2D eigenvalue weighted by molar-refractivity contribution is -0.133. The minimum atomic E-state index is -3.78. The minimum absolute atomic E-state index is 0.0307. The number of halogens is 5. The van der Waals surface area contributed by atoms with Crippen LogP contribution < -0.4 is 0 Å². The van der Waals surface area contributed by atoms with E-state index in [1.54, 1.807) is 13.0 Å². The molecular formula is C31H30ClF4NO3. The number of alkyl halides is 4. The van der Waals surface area contributed by atoms with Crippen LogP contribution in [0.25, 0.3) is 5.57 Å². The molecule has 0 amide bonds. The molecule has 2 aliphatic rings. The molecule has 1 aromatic heterocycles. The molecule has 0 saturated heterocycles. The predicted octanol–water partition coefficient (Wildman–Crippen LogP) is 8.69. The fourth-order valence-corrected chi connectivity index (χ4v) is 4.91. The lowest BCUT2D eigenvalue weighted by atomic mass is 9.83. The number of ketones is 2. The topological polar surface area (TPSA) is 50.5 Å². The summed E-state index contributed by atoms with van der Waals surface area (Å²) in [4.78, 5) is 27.1. The van der Waals surface area contributed by atoms with Gasteiger partial charge in [-0.3, -0.25) is 9.59 Å². The molecule has 0 spiro atoms. The zero-order valence-corrected chi connectivity index (χ0v) is 22.9. The van der Waals surface area contributed by atoms with Crippen LogP contribution in [0, 0.1) is 5.92 Å². The van der Waals surface area contributed by atoms with Gasteiger partial charge in [-0.25, -0.2) is 8.78 Å². The third-order valence-electron chi connectivity index (χ3n) is 6.78. The minimum Gasteiger partial charge on any atom is -0.472 e. The highest BCUT2D eigenvalue weighted by atomic mass is 35.5. The Morgan fingerprint density at radius 3 is 2.50 bits per heavy atom. The zero-order chi connectivity index (χ0) is 29.8. The van der Waals surface area contributed by atoms with Gasteiger partial charge in [0, 0.05) is 34.9 Å². The summed E-state index contributed by atoms with van der Waals surface area (Å²) >= 11 is 6.66. The highest BCUT2D eigenvalue weighted by Gasteiger charge is 2.42. The van der Waals surface area contributed by atoms with Crippen LogP contribution in [0.3, 0.4) is 0 Å². The standard InChI is InChI=1S/C31H30ClF4NO3/c1-6-9-21(20(5)28(39)30(33,34)8-3)15-19(4)27(38)24-10-11-26-25(31(35,36)13-7-2)16-23(17-37(26)29(24)32)22-12-14-40-18-22/h7-8,11-12,14,16-18,21H,2-6,9-10,13,15H2,1H3. The van der Waals surface area contributed by atoms with Gasteiger partial charge >= 0.3 is 5.92 Å². The molecule has 40 heavy (non-hydrogen) atoms. The van der Waals surface area contributed by atoms with Crippen molar-refractivity contribution in [3.05, 3.63) is 114 Å². The fourth-order valence-electron chi connectivity index (χ4n) is 4.60. The quantitative estimate of drug-likeness (QED) is 0.0963. The molecule has 0 aliphatic carbocycles. The molecule has 0 radical (unpaired) electrons. The average molecular weight is 576 g/mol. The molecule has 2 aliphatic heterocycles. The van der Waals surface area contributed by atoms with Gasteiger partial charge in [0.1, 0.15) is 5.16 Å². The van der Waals surface area contributed by atoms with Gasteiger partial charge in [-0.05, 0) is 54.5 Å². The number of carbonyl (C=O) groups is 2. The van der Waals surface area contributed by atoms with Gasteiger partial charge in [0.05, 0.1) is 18.2 Å². The molecule has 4 nitrogen and oxygen atoms in total. The Hall–Kier alpha value is -3.65. The number of fused-ring (bicyclic) bond motifs is 1. The predicted molar refractivity (Wildman–Crippen MR) is 148 cm³/mol. The van der Waals surface area contributed by atoms with E-state index in [0.717, 1.165) is 6.08 Å². The smallest absolute Gasteiger partial charge is 0.327 e. The van der Waals surface area contributed by atoms with E-state index in [-0.39, 0.29) is 52.1 Å². The molecular weight excluding hydrogens is 546 g/mol. The van der Waals surface area contributed by atoms with Crippen molar-refractivity contribution in [2.45, 2.75) is 50.9 Å². The third kappa shape index (κ3) is 6.22. The summed E-state index contributed by atoms with van der Waals surface area (Å²) in [6.07, 6.45) is 8.61. The summed E-state index contributed by atoms with van der Waals surface area (Å²) in [5.74, 6) is -9.84. The monoisotopic (exact) mass is 575 g/mol. The normalized spacial score (nSPS) is 16.4. The Morgan fingerprint density at radius 1 is 1.23 bits per heavy atom. The van der Waals surface area contributed by atoms with Crippen molar-refractivity contribution in [1.82, 2.24) is 4.90 Å². The van der Waals surface area contributed by atoms with Crippen molar-refractivity contribution in [3.63, 3.8) is 0 Å². The van der Waals surface area contributed by atoms with Crippen LogP contribution in [0.4, 0.5) is 17.6 Å². The van der Waals surface area contributed by atoms with E-state index >= 15 is 8.78 Å². The molecule has 0 N–H and O–H groups in total. The summed E-state index contributed by atoms with van der Waals surface area (Å²) in [5.41, 5.74) is 0.542. The summed E-state index contributed by atoms with van der Waals surface area (Å²) in [7, 11) is 0. The maximum atomic E-state index is 15.2. The van der Waals surface area contributed by atoms with Crippen molar-refractivity contribution in [2.75, 3.05) is 0 Å². The third-order valence-corrected chi connectivity index (χ3v) is 7.19. The van der Waals surface area contributed by atoms with Gasteiger partial charge in [-0.1, -0.05) is 56.8 Å². The van der Waals surface area contributed by atoms with E-state index in [2.05, 4.69) is 26.3 Å². The first-order valence-electron chi connectivity index (χ1n) is 12.6. The van der Waals surface area contributed by atoms with Crippen LogP contribution in [0.15, 0.2) is 113 Å². The van der Waals surface area contributed by atoms with Crippen molar-refractivity contribution < 1.29 is 31.6 Å². The first-order chi connectivity index (χ1) is 18.8. The molecule has 3 rings (SSSR count). The van der Waals surface area contributed by atoms with Crippen LogP contribution in [-0.2, 0) is 9.59 Å². The number of allylic oxidation sites excluding steroid dienone is 9. The summed E-state index contributed by atoms with van der Waals surface area (Å²) in [6, 6.07) is 1.60. The fraction of sp³-hybridized carbons (Fsp3) is 0.290. The first-order valence-corrected chi connectivity index (χ1v) is 13.0. The van der Waals surface area contributed by atoms with E-state index < -0.39 is 35.8 Å². The van der Waals surface area contributed by atoms with Gasteiger partial charge in [0.2, 0.25) is 5.78 Å². The van der Waals surface area contributed by atoms with Crippen LogP contribution in [-0.4, -0.2) is 28.3 Å². The Bertz CT molecular complexity index is 1360. The number of nitrogens with zero attached hydrogens (tertiary/aromatic N) is 1. The molecule has 1 unspecified atom stereocenters. The van der Waals surface area contributed by atoms with E-state index in [1.807, 2.05) is 0 Å². The van der Waals surface area contributed by atoms with Gasteiger partial charge < -0.3 is 9.32 Å². The molecule has 1 aromatic rings. The van der Waals surface area contributed by atoms with Crippen LogP contribution >= 0.6 is 11.6 Å². The molecule has 0 saturated carbocycles. The summed E-state index contributed by atoms with van der Waals surface area (Å²) in [6.45, 7) is 15.7. The van der Waals surface area contributed by atoms with Crippen LogP contribution in [0.2, 0.25) is 0 Å². The Morgan fingerprint density at radius 2 is 1.93 bits per heavy atom. The van der Waals surface area contributed by atoms with Gasteiger partial charge in [0.25, 0.3) is 5.92 Å². The Kier molecular flexibility index (Phi) is 9.46. The van der Waals surface area contributed by atoms with E-state index in [0.29, 0.717) is 24.0 Å². The zero-order valence-electron chi connectivity index (χ0n) is 22.1. The summed E-state index contributed by atoms with van der Waals surface area (Å²) in [5, 5.41) is -0.0928.